The molecule has 1 atom stereocenters. The van der Waals surface area contributed by atoms with Crippen LogP contribution in [0.4, 0.5) is 5.69 Å². The van der Waals surface area contributed by atoms with Crippen LogP contribution in [0.2, 0.25) is 0 Å². The number of nitrogens with zero attached hydrogens (tertiary/aromatic N) is 2. The summed E-state index contributed by atoms with van der Waals surface area (Å²) in [6.45, 7) is 2.58. The van der Waals surface area contributed by atoms with E-state index < -0.39 is 5.97 Å². The first-order chi connectivity index (χ1) is 12.6. The number of amides is 1. The average Bonchev–Trinajstić information content (AvgIpc) is 2.96. The smallest absolute Gasteiger partial charge is 0.335 e. The number of thioether (sulfide) groups is 1. The van der Waals surface area contributed by atoms with Gasteiger partial charge in [-0.2, -0.15) is 0 Å². The number of aromatic carboxylic acids is 1. The van der Waals surface area contributed by atoms with Crippen LogP contribution in [0, 0.1) is 0 Å². The van der Waals surface area contributed by atoms with Crippen molar-refractivity contribution in [3.8, 4) is 0 Å². The van der Waals surface area contributed by atoms with Crippen LogP contribution in [0.25, 0.3) is 0 Å². The molecule has 1 amide bonds. The third-order valence-corrected chi connectivity index (χ3v) is 5.54. The van der Waals surface area contributed by atoms with Gasteiger partial charge in [-0.15, -0.1) is 0 Å². The zero-order chi connectivity index (χ0) is 18.5. The third kappa shape index (κ3) is 4.14. The lowest BCUT2D eigenvalue weighted by atomic mass is 10.1. The highest BCUT2D eigenvalue weighted by Crippen LogP contribution is 2.31. The summed E-state index contributed by atoms with van der Waals surface area (Å²) in [4.78, 5) is 29.9. The maximum atomic E-state index is 12.6. The van der Waals surface area contributed by atoms with Gasteiger partial charge in [-0.25, -0.2) is 9.79 Å². The summed E-state index contributed by atoms with van der Waals surface area (Å²) in [6, 6.07) is 16.4. The first-order valence-corrected chi connectivity index (χ1v) is 9.40. The summed E-state index contributed by atoms with van der Waals surface area (Å²) in [5.41, 5.74) is 2.04. The first-order valence-electron chi connectivity index (χ1n) is 8.52. The van der Waals surface area contributed by atoms with E-state index in [1.165, 1.54) is 29.5 Å². The van der Waals surface area contributed by atoms with Crippen LogP contribution in [0.15, 0.2) is 59.6 Å². The molecule has 2 aromatic carbocycles. The lowest BCUT2D eigenvalue weighted by molar-refractivity contribution is -0.126. The Morgan fingerprint density at radius 1 is 1.15 bits per heavy atom. The van der Waals surface area contributed by atoms with Crippen LogP contribution in [-0.2, 0) is 11.2 Å². The van der Waals surface area contributed by atoms with E-state index in [2.05, 4.69) is 4.99 Å². The second-order valence-electron chi connectivity index (χ2n) is 5.99. The maximum Gasteiger partial charge on any atom is 0.335 e. The van der Waals surface area contributed by atoms with Gasteiger partial charge in [0.2, 0.25) is 5.91 Å². The van der Waals surface area contributed by atoms with Crippen molar-refractivity contribution in [1.82, 2.24) is 4.90 Å². The normalized spacial score (nSPS) is 18.5. The number of aliphatic imine (C=N–C) groups is 1. The number of rotatable bonds is 6. The molecule has 134 valence electrons. The van der Waals surface area contributed by atoms with Gasteiger partial charge >= 0.3 is 5.97 Å². The molecule has 1 fully saturated rings. The van der Waals surface area contributed by atoms with E-state index in [9.17, 15) is 9.59 Å². The Labute approximate surface area is 156 Å². The van der Waals surface area contributed by atoms with Gasteiger partial charge in [0.25, 0.3) is 0 Å². The Morgan fingerprint density at radius 2 is 1.85 bits per heavy atom. The fraction of sp³-hybridized carbons (Fsp3) is 0.250. The van der Waals surface area contributed by atoms with Gasteiger partial charge < -0.3 is 5.11 Å². The van der Waals surface area contributed by atoms with Gasteiger partial charge in [0.05, 0.1) is 16.5 Å². The Hall–Kier alpha value is -2.60. The third-order valence-electron chi connectivity index (χ3n) is 4.20. The fourth-order valence-corrected chi connectivity index (χ4v) is 3.85. The molecular weight excluding hydrogens is 348 g/mol. The van der Waals surface area contributed by atoms with E-state index in [1.54, 1.807) is 17.0 Å². The highest BCUT2D eigenvalue weighted by Gasteiger charge is 2.36. The molecule has 1 saturated heterocycles. The summed E-state index contributed by atoms with van der Waals surface area (Å²) < 4.78 is 0. The molecule has 0 aromatic heterocycles. The summed E-state index contributed by atoms with van der Waals surface area (Å²) in [7, 11) is 0. The van der Waals surface area contributed by atoms with Crippen LogP contribution in [0.3, 0.4) is 0 Å². The van der Waals surface area contributed by atoms with E-state index in [-0.39, 0.29) is 16.7 Å². The number of benzene rings is 2. The van der Waals surface area contributed by atoms with Crippen molar-refractivity contribution >= 4 is 34.5 Å². The summed E-state index contributed by atoms with van der Waals surface area (Å²) >= 11 is 1.48. The summed E-state index contributed by atoms with van der Waals surface area (Å²) in [5, 5.41) is 9.56. The molecule has 0 aliphatic carbocycles. The van der Waals surface area contributed by atoms with E-state index in [0.29, 0.717) is 17.4 Å². The van der Waals surface area contributed by atoms with Crippen molar-refractivity contribution in [2.24, 2.45) is 4.99 Å². The van der Waals surface area contributed by atoms with Crippen molar-refractivity contribution < 1.29 is 14.7 Å². The topological polar surface area (TPSA) is 70.0 Å². The number of hydrogen-bond donors (Lipinski definition) is 1. The van der Waals surface area contributed by atoms with Crippen LogP contribution in [-0.4, -0.2) is 38.8 Å². The number of carboxylic acids is 1. The Kier molecular flexibility index (Phi) is 5.73. The first kappa shape index (κ1) is 18.2. The molecule has 5 nitrogen and oxygen atoms in total. The van der Waals surface area contributed by atoms with Gasteiger partial charge in [0, 0.05) is 6.54 Å². The maximum absolute atomic E-state index is 12.6. The van der Waals surface area contributed by atoms with Gasteiger partial charge in [-0.1, -0.05) is 49.0 Å². The zero-order valence-corrected chi connectivity index (χ0v) is 15.3. The van der Waals surface area contributed by atoms with Crippen molar-refractivity contribution in [2.45, 2.75) is 25.0 Å². The standard InChI is InChI=1S/C20H20N2O3S/c1-2-17-18(23)22(13-12-14-6-4-3-5-7-14)20(26-17)21-16-10-8-15(9-11-16)19(24)25/h3-11,17H,2,12-13H2,1H3,(H,24,25). The highest BCUT2D eigenvalue weighted by atomic mass is 32.2. The number of amidine groups is 1. The van der Waals surface area contributed by atoms with Crippen LogP contribution >= 0.6 is 11.8 Å². The van der Waals surface area contributed by atoms with Crippen LogP contribution in [0.1, 0.15) is 29.3 Å². The minimum absolute atomic E-state index is 0.0920. The molecule has 26 heavy (non-hydrogen) atoms. The number of carboxylic acid groups (broad SMARTS) is 1. The molecule has 1 aliphatic rings. The molecule has 2 aromatic rings. The summed E-state index contributed by atoms with van der Waals surface area (Å²) in [6.07, 6.45) is 1.52. The quantitative estimate of drug-likeness (QED) is 0.838. The minimum atomic E-state index is -0.967. The minimum Gasteiger partial charge on any atom is -0.478 e. The number of carbonyl (C=O) groups is 2. The second-order valence-corrected chi connectivity index (χ2v) is 7.16. The SMILES string of the molecule is CCC1SC(=Nc2ccc(C(=O)O)cc2)N(CCc2ccccc2)C1=O. The van der Waals surface area contributed by atoms with Crippen LogP contribution < -0.4 is 0 Å². The average molecular weight is 368 g/mol. The molecular formula is C20H20N2O3S. The fourth-order valence-electron chi connectivity index (χ4n) is 2.73. The highest BCUT2D eigenvalue weighted by molar-refractivity contribution is 8.15. The molecule has 1 unspecified atom stereocenters. The predicted molar refractivity (Wildman–Crippen MR) is 104 cm³/mol. The lowest BCUT2D eigenvalue weighted by Crippen LogP contribution is -2.33. The van der Waals surface area contributed by atoms with Gasteiger partial charge in [-0.3, -0.25) is 9.69 Å². The summed E-state index contributed by atoms with van der Waals surface area (Å²) in [5.74, 6) is -0.875. The zero-order valence-electron chi connectivity index (χ0n) is 14.5. The van der Waals surface area contributed by atoms with Crippen LogP contribution in [0.5, 0.6) is 0 Å². The molecule has 0 saturated carbocycles. The Balaban J connectivity index is 1.80. The van der Waals surface area contributed by atoms with E-state index in [0.717, 1.165) is 12.8 Å². The van der Waals surface area contributed by atoms with Gasteiger partial charge in [0.15, 0.2) is 5.17 Å². The van der Waals surface area contributed by atoms with Crippen molar-refractivity contribution in [3.05, 3.63) is 65.7 Å². The van der Waals surface area contributed by atoms with Crippen molar-refractivity contribution in [3.63, 3.8) is 0 Å². The molecule has 0 radical (unpaired) electrons. The monoisotopic (exact) mass is 368 g/mol. The molecule has 6 heteroatoms. The Morgan fingerprint density at radius 3 is 2.46 bits per heavy atom. The Bertz CT molecular complexity index is 819. The second kappa shape index (κ2) is 8.19. The number of carbonyl (C=O) groups excluding carboxylic acids is 1. The van der Waals surface area contributed by atoms with Crippen molar-refractivity contribution in [1.29, 1.82) is 0 Å². The van der Waals surface area contributed by atoms with E-state index in [1.807, 2.05) is 37.3 Å². The van der Waals surface area contributed by atoms with E-state index >= 15 is 0 Å². The largest absolute Gasteiger partial charge is 0.478 e. The predicted octanol–water partition coefficient (Wildman–Crippen LogP) is 3.97. The molecule has 1 heterocycles. The molecule has 3 rings (SSSR count). The van der Waals surface area contributed by atoms with Gasteiger partial charge in [0.1, 0.15) is 0 Å². The molecule has 0 bridgehead atoms. The molecule has 0 spiro atoms. The van der Waals surface area contributed by atoms with E-state index in [4.69, 9.17) is 5.11 Å². The lowest BCUT2D eigenvalue weighted by Gasteiger charge is -2.16. The van der Waals surface area contributed by atoms with Gasteiger partial charge in [-0.05, 0) is 42.7 Å². The van der Waals surface area contributed by atoms with Crippen molar-refractivity contribution in [2.75, 3.05) is 6.54 Å². The number of hydrogen-bond acceptors (Lipinski definition) is 4. The molecule has 1 aliphatic heterocycles. The molecule has 1 N–H and O–H groups in total.